The number of aryl methyl sites for hydroxylation is 1. The molecule has 0 saturated carbocycles. The van der Waals surface area contributed by atoms with Crippen molar-refractivity contribution in [2.24, 2.45) is 11.7 Å². The fourth-order valence-corrected chi connectivity index (χ4v) is 3.20. The molecule has 1 heterocycles. The summed E-state index contributed by atoms with van der Waals surface area (Å²) in [5.74, 6) is 1.22. The van der Waals surface area contributed by atoms with E-state index in [9.17, 15) is 9.59 Å². The lowest BCUT2D eigenvalue weighted by molar-refractivity contribution is -0.114. The van der Waals surface area contributed by atoms with E-state index in [4.69, 9.17) is 15.2 Å². The second kappa shape index (κ2) is 9.36. The van der Waals surface area contributed by atoms with Gasteiger partial charge in [0, 0.05) is 18.6 Å². The molecule has 1 aromatic carbocycles. The Bertz CT molecular complexity index is 885. The van der Waals surface area contributed by atoms with Crippen molar-refractivity contribution in [3.8, 4) is 17.0 Å². The molecule has 0 aliphatic carbocycles. The summed E-state index contributed by atoms with van der Waals surface area (Å²) in [6.07, 6.45) is 1.21. The third kappa shape index (κ3) is 6.74. The van der Waals surface area contributed by atoms with Crippen molar-refractivity contribution < 1.29 is 19.1 Å². The van der Waals surface area contributed by atoms with Crippen LogP contribution in [0.1, 0.15) is 39.7 Å². The molecule has 8 nitrogen and oxygen atoms in total. The lowest BCUT2D eigenvalue weighted by Gasteiger charge is -2.30. The molecule has 2 rings (SSSR count). The maximum atomic E-state index is 11.3. The summed E-state index contributed by atoms with van der Waals surface area (Å²) < 4.78 is 11.3. The number of benzene rings is 1. The van der Waals surface area contributed by atoms with Crippen LogP contribution in [0.3, 0.4) is 0 Å². The van der Waals surface area contributed by atoms with Gasteiger partial charge in [0.25, 0.3) is 0 Å². The van der Waals surface area contributed by atoms with E-state index in [-0.39, 0.29) is 12.5 Å². The molecule has 2 aromatic rings. The molecule has 2 amide bonds. The van der Waals surface area contributed by atoms with Gasteiger partial charge in [0.15, 0.2) is 0 Å². The number of aromatic nitrogens is 2. The van der Waals surface area contributed by atoms with Crippen LogP contribution in [0.15, 0.2) is 30.6 Å². The van der Waals surface area contributed by atoms with Crippen LogP contribution in [0, 0.1) is 12.8 Å². The monoisotopic (exact) mass is 400 g/mol. The summed E-state index contributed by atoms with van der Waals surface area (Å²) in [4.78, 5) is 30.8. The molecule has 0 fully saturated rings. The number of nitrogens with zero attached hydrogens (tertiary/aromatic N) is 2. The largest absolute Gasteiger partial charge is 0.489 e. The third-order valence-electron chi connectivity index (χ3n) is 4.16. The van der Waals surface area contributed by atoms with Crippen LogP contribution in [-0.4, -0.2) is 34.2 Å². The Morgan fingerprint density at radius 2 is 1.97 bits per heavy atom. The SMILES string of the molecule is CC(=O)Nc1cc(-c2ccc(OCC(C)(CC(C)C)OC(N)=O)c(C)c2)ncn1. The van der Waals surface area contributed by atoms with Crippen molar-refractivity contribution in [3.05, 3.63) is 36.2 Å². The number of carbonyl (C=O) groups excluding carboxylic acids is 2. The molecule has 156 valence electrons. The van der Waals surface area contributed by atoms with E-state index in [1.165, 1.54) is 13.3 Å². The smallest absolute Gasteiger partial charge is 0.405 e. The fraction of sp³-hybridized carbons (Fsp3) is 0.429. The number of hydrogen-bond donors (Lipinski definition) is 2. The Morgan fingerprint density at radius 3 is 2.55 bits per heavy atom. The highest BCUT2D eigenvalue weighted by Gasteiger charge is 2.30. The molecule has 0 bridgehead atoms. The lowest BCUT2D eigenvalue weighted by atomic mass is 9.95. The van der Waals surface area contributed by atoms with Crippen molar-refractivity contribution in [2.75, 3.05) is 11.9 Å². The van der Waals surface area contributed by atoms with E-state index in [0.717, 1.165) is 11.1 Å². The third-order valence-corrected chi connectivity index (χ3v) is 4.16. The van der Waals surface area contributed by atoms with E-state index in [0.29, 0.717) is 29.6 Å². The number of carbonyl (C=O) groups is 2. The summed E-state index contributed by atoms with van der Waals surface area (Å²) in [6, 6.07) is 7.35. The molecule has 0 spiro atoms. The molecule has 1 unspecified atom stereocenters. The van der Waals surface area contributed by atoms with Crippen molar-refractivity contribution in [2.45, 2.75) is 46.6 Å². The number of amides is 2. The van der Waals surface area contributed by atoms with Gasteiger partial charge in [0.2, 0.25) is 5.91 Å². The predicted octanol–water partition coefficient (Wildman–Crippen LogP) is 3.69. The van der Waals surface area contributed by atoms with Gasteiger partial charge in [-0.3, -0.25) is 4.79 Å². The Kier molecular flexibility index (Phi) is 7.14. The average Bonchev–Trinajstić information content (AvgIpc) is 2.59. The molecule has 0 aliphatic rings. The Hall–Kier alpha value is -3.16. The van der Waals surface area contributed by atoms with Crippen LogP contribution in [0.4, 0.5) is 10.6 Å². The zero-order valence-corrected chi connectivity index (χ0v) is 17.5. The highest BCUT2D eigenvalue weighted by molar-refractivity contribution is 5.88. The van der Waals surface area contributed by atoms with Crippen LogP contribution in [-0.2, 0) is 9.53 Å². The number of ether oxygens (including phenoxy) is 2. The van der Waals surface area contributed by atoms with E-state index in [2.05, 4.69) is 15.3 Å². The number of anilines is 1. The van der Waals surface area contributed by atoms with Crippen LogP contribution >= 0.6 is 0 Å². The molecule has 0 aliphatic heterocycles. The van der Waals surface area contributed by atoms with Crippen LogP contribution in [0.2, 0.25) is 0 Å². The zero-order valence-electron chi connectivity index (χ0n) is 17.5. The summed E-state index contributed by atoms with van der Waals surface area (Å²) in [7, 11) is 0. The van der Waals surface area contributed by atoms with Crippen molar-refractivity contribution in [1.82, 2.24) is 9.97 Å². The minimum Gasteiger partial charge on any atom is -0.489 e. The molecule has 0 radical (unpaired) electrons. The number of primary amides is 1. The molecular formula is C21H28N4O4. The van der Waals surface area contributed by atoms with Crippen LogP contribution < -0.4 is 15.8 Å². The zero-order chi connectivity index (χ0) is 21.6. The van der Waals surface area contributed by atoms with Crippen LogP contribution in [0.5, 0.6) is 5.75 Å². The number of rotatable bonds is 8. The van der Waals surface area contributed by atoms with E-state index in [1.54, 1.807) is 6.07 Å². The van der Waals surface area contributed by atoms with Gasteiger partial charge in [-0.1, -0.05) is 13.8 Å². The standard InChI is InChI=1S/C21H28N4O4/c1-13(2)10-21(5,29-20(22)27)11-28-18-7-6-16(8-14(18)3)17-9-19(24-12-23-17)25-15(4)26/h6-9,12-13H,10-11H2,1-5H3,(H2,22,27)(H,23,24,25,26). The molecule has 0 saturated heterocycles. The first-order valence-corrected chi connectivity index (χ1v) is 9.40. The molecular weight excluding hydrogens is 372 g/mol. The summed E-state index contributed by atoms with van der Waals surface area (Å²) in [5.41, 5.74) is 6.85. The molecule has 3 N–H and O–H groups in total. The fourth-order valence-electron chi connectivity index (χ4n) is 3.20. The number of nitrogens with two attached hydrogens (primary N) is 1. The Morgan fingerprint density at radius 1 is 1.24 bits per heavy atom. The maximum Gasteiger partial charge on any atom is 0.405 e. The van der Waals surface area contributed by atoms with Crippen molar-refractivity contribution >= 4 is 17.8 Å². The Balaban J connectivity index is 2.17. The van der Waals surface area contributed by atoms with E-state index < -0.39 is 11.7 Å². The van der Waals surface area contributed by atoms with E-state index in [1.807, 2.05) is 45.9 Å². The lowest BCUT2D eigenvalue weighted by Crippen LogP contribution is -2.41. The van der Waals surface area contributed by atoms with Gasteiger partial charge in [0.1, 0.15) is 30.1 Å². The summed E-state index contributed by atoms with van der Waals surface area (Å²) >= 11 is 0. The normalized spacial score (nSPS) is 12.9. The van der Waals surface area contributed by atoms with Crippen molar-refractivity contribution in [1.29, 1.82) is 0 Å². The Labute approximate surface area is 170 Å². The number of hydrogen-bond acceptors (Lipinski definition) is 6. The van der Waals surface area contributed by atoms with Gasteiger partial charge in [-0.2, -0.15) is 0 Å². The molecule has 29 heavy (non-hydrogen) atoms. The first-order chi connectivity index (χ1) is 13.6. The second-order valence-corrected chi connectivity index (χ2v) is 7.71. The van der Waals surface area contributed by atoms with Crippen molar-refractivity contribution in [3.63, 3.8) is 0 Å². The molecule has 1 atom stereocenters. The summed E-state index contributed by atoms with van der Waals surface area (Å²) in [5, 5.41) is 2.64. The highest BCUT2D eigenvalue weighted by atomic mass is 16.6. The van der Waals surface area contributed by atoms with Gasteiger partial charge < -0.3 is 20.5 Å². The predicted molar refractivity (Wildman–Crippen MR) is 111 cm³/mol. The topological polar surface area (TPSA) is 116 Å². The van der Waals surface area contributed by atoms with Crippen LogP contribution in [0.25, 0.3) is 11.3 Å². The minimum atomic E-state index is -0.817. The number of nitrogens with one attached hydrogen (secondary N) is 1. The second-order valence-electron chi connectivity index (χ2n) is 7.71. The van der Waals surface area contributed by atoms with Gasteiger partial charge in [-0.25, -0.2) is 14.8 Å². The van der Waals surface area contributed by atoms with Gasteiger partial charge in [0.05, 0.1) is 5.69 Å². The highest BCUT2D eigenvalue weighted by Crippen LogP contribution is 2.28. The molecule has 8 heteroatoms. The van der Waals surface area contributed by atoms with Gasteiger partial charge >= 0.3 is 6.09 Å². The first-order valence-electron chi connectivity index (χ1n) is 9.40. The van der Waals surface area contributed by atoms with Gasteiger partial charge in [-0.15, -0.1) is 0 Å². The molecule has 1 aromatic heterocycles. The summed E-state index contributed by atoms with van der Waals surface area (Å²) in [6.45, 7) is 9.43. The quantitative estimate of drug-likeness (QED) is 0.698. The minimum absolute atomic E-state index is 0.189. The maximum absolute atomic E-state index is 11.3. The first kappa shape index (κ1) is 22.1. The van der Waals surface area contributed by atoms with E-state index >= 15 is 0 Å². The average molecular weight is 400 g/mol. The van der Waals surface area contributed by atoms with Gasteiger partial charge in [-0.05, 0) is 49.9 Å².